The Morgan fingerprint density at radius 3 is 1.66 bits per heavy atom. The number of aromatic nitrogens is 6. The maximum Gasteiger partial charge on any atom is 0.285 e. The molecule has 336 valence electrons. The number of hydrogen-bond donors (Lipinski definition) is 6. The lowest BCUT2D eigenvalue weighted by Gasteiger charge is -2.10. The van der Waals surface area contributed by atoms with Crippen LogP contribution in [0.1, 0.15) is 31.1 Å². The van der Waals surface area contributed by atoms with Crippen LogP contribution in [0.2, 0.25) is 20.1 Å². The number of para-hydroxylation sites is 2. The molecule has 16 nitrogen and oxygen atoms in total. The number of nitrogens with one attached hydrogen (secondary N) is 4. The third-order valence-corrected chi connectivity index (χ3v) is 11.2. The number of amides is 3. The van der Waals surface area contributed by atoms with Gasteiger partial charge in [0.1, 0.15) is 0 Å². The van der Waals surface area contributed by atoms with Crippen molar-refractivity contribution in [3.8, 4) is 0 Å². The number of nitrogen functional groups attached to an aromatic ring is 1. The number of imidazole rings is 2. The molecule has 8 N–H and O–H groups in total. The SMILES string of the molecule is Cn1c(Nc2c(Cl)cccc2Cl)nc2ccc(N)c(C(N)=O)c21.Cn1c(Nc2c(Cl)cccc2Cl)nc2ccc3nc(NC(=O)c4ccccc4)[nH]c(=O)c3c21.O=C(N=C=S)c1ccccc1. The van der Waals surface area contributed by atoms with Crippen LogP contribution in [-0.2, 0) is 14.1 Å². The molecule has 0 saturated carbocycles. The summed E-state index contributed by atoms with van der Waals surface area (Å²) in [7, 11) is 3.51. The van der Waals surface area contributed by atoms with Gasteiger partial charge < -0.3 is 31.2 Å². The van der Waals surface area contributed by atoms with Crippen LogP contribution < -0.4 is 33.0 Å². The Morgan fingerprint density at radius 2 is 1.13 bits per heavy atom. The molecule has 3 aromatic heterocycles. The summed E-state index contributed by atoms with van der Waals surface area (Å²) >= 11 is 29.2. The van der Waals surface area contributed by atoms with Crippen LogP contribution in [0.5, 0.6) is 0 Å². The Morgan fingerprint density at radius 1 is 0.657 bits per heavy atom. The maximum absolute atomic E-state index is 13.0. The van der Waals surface area contributed by atoms with Crippen molar-refractivity contribution in [3.63, 3.8) is 0 Å². The second-order valence-electron chi connectivity index (χ2n) is 14.1. The zero-order valence-electron chi connectivity index (χ0n) is 34.9. The number of nitrogens with zero attached hydrogens (tertiary/aromatic N) is 6. The summed E-state index contributed by atoms with van der Waals surface area (Å²) in [5.41, 5.74) is 16.2. The van der Waals surface area contributed by atoms with Gasteiger partial charge in [-0.1, -0.05) is 94.9 Å². The first-order chi connectivity index (χ1) is 32.2. The quantitative estimate of drug-likeness (QED) is 0.0476. The molecule has 0 bridgehead atoms. The van der Waals surface area contributed by atoms with Gasteiger partial charge in [-0.3, -0.25) is 29.5 Å². The molecule has 3 amide bonds. The summed E-state index contributed by atoms with van der Waals surface area (Å²) in [6, 6.07) is 34.5. The van der Waals surface area contributed by atoms with E-state index in [4.69, 9.17) is 57.9 Å². The Balaban J connectivity index is 0.000000169. The fourth-order valence-corrected chi connectivity index (χ4v) is 7.77. The van der Waals surface area contributed by atoms with Gasteiger partial charge in [0, 0.05) is 30.9 Å². The summed E-state index contributed by atoms with van der Waals surface area (Å²) in [6.07, 6.45) is 0. The fourth-order valence-electron chi connectivity index (χ4n) is 6.71. The second kappa shape index (κ2) is 20.7. The van der Waals surface area contributed by atoms with Crippen LogP contribution in [0.4, 0.5) is 34.9 Å². The van der Waals surface area contributed by atoms with E-state index in [9.17, 15) is 19.2 Å². The van der Waals surface area contributed by atoms with Crippen LogP contribution in [-0.4, -0.2) is 52.0 Å². The molecule has 3 heterocycles. The zero-order chi connectivity index (χ0) is 47.9. The summed E-state index contributed by atoms with van der Waals surface area (Å²) in [6.45, 7) is 0. The molecular weight excluding hydrogens is 958 g/mol. The normalized spacial score (nSPS) is 10.6. The number of benzene rings is 6. The molecule has 0 saturated heterocycles. The van der Waals surface area contributed by atoms with Crippen molar-refractivity contribution in [2.45, 2.75) is 0 Å². The highest BCUT2D eigenvalue weighted by Gasteiger charge is 2.20. The molecule has 0 spiro atoms. The molecule has 0 atom stereocenters. The molecule has 0 aliphatic heterocycles. The first-order valence-electron chi connectivity index (χ1n) is 19.6. The molecule has 0 radical (unpaired) electrons. The Labute approximate surface area is 405 Å². The lowest BCUT2D eigenvalue weighted by atomic mass is 10.1. The van der Waals surface area contributed by atoms with Crippen molar-refractivity contribution in [3.05, 3.63) is 168 Å². The number of aliphatic imine (C=N–C) groups is 1. The number of nitrogens with two attached hydrogens (primary N) is 2. The van der Waals surface area contributed by atoms with Crippen molar-refractivity contribution >= 4 is 149 Å². The van der Waals surface area contributed by atoms with Gasteiger partial charge in [-0.2, -0.15) is 4.99 Å². The number of thiocarbonyl (C=S) groups is 1. The number of halogens is 4. The molecule has 0 aliphatic carbocycles. The number of carbonyl (C=O) groups is 3. The topological polar surface area (TPSA) is 233 Å². The third kappa shape index (κ3) is 10.4. The number of aromatic amines is 1. The van der Waals surface area contributed by atoms with E-state index in [0.717, 1.165) is 0 Å². The van der Waals surface area contributed by atoms with Crippen molar-refractivity contribution in [1.82, 2.24) is 29.1 Å². The highest BCUT2D eigenvalue weighted by Crippen LogP contribution is 2.36. The van der Waals surface area contributed by atoms with Gasteiger partial charge >= 0.3 is 0 Å². The average Bonchev–Trinajstić information content (AvgIpc) is 3.80. The average molecular weight is 993 g/mol. The molecule has 67 heavy (non-hydrogen) atoms. The molecule has 6 aromatic carbocycles. The number of fused-ring (bicyclic) bond motifs is 4. The summed E-state index contributed by atoms with van der Waals surface area (Å²) in [5, 5.41) is 13.0. The van der Waals surface area contributed by atoms with Gasteiger partial charge in [0.05, 0.1) is 75.2 Å². The van der Waals surface area contributed by atoms with Crippen LogP contribution in [0.25, 0.3) is 33.0 Å². The molecule has 9 aromatic rings. The van der Waals surface area contributed by atoms with Gasteiger partial charge in [-0.25, -0.2) is 15.0 Å². The van der Waals surface area contributed by atoms with Crippen LogP contribution in [0, 0.1) is 0 Å². The van der Waals surface area contributed by atoms with Gasteiger partial charge in [0.25, 0.3) is 23.3 Å². The number of primary amides is 1. The molecule has 21 heteroatoms. The molecular formula is C46H34Cl4N12O4S. The van der Waals surface area contributed by atoms with E-state index in [0.29, 0.717) is 93.1 Å². The van der Waals surface area contributed by atoms with Crippen LogP contribution >= 0.6 is 58.6 Å². The van der Waals surface area contributed by atoms with Crippen molar-refractivity contribution in [1.29, 1.82) is 0 Å². The van der Waals surface area contributed by atoms with E-state index in [1.54, 1.807) is 132 Å². The minimum atomic E-state index is -0.613. The lowest BCUT2D eigenvalue weighted by molar-refractivity contribution is 0.0994. The second-order valence-corrected chi connectivity index (χ2v) is 15.9. The highest BCUT2D eigenvalue weighted by molar-refractivity contribution is 7.78. The number of hydrogen-bond acceptors (Lipinski definition) is 11. The van der Waals surface area contributed by atoms with E-state index in [2.05, 4.69) is 53.1 Å². The molecule has 0 aliphatic rings. The molecule has 0 unspecified atom stereocenters. The predicted octanol–water partition coefficient (Wildman–Crippen LogP) is 10.3. The maximum atomic E-state index is 13.0. The van der Waals surface area contributed by atoms with E-state index >= 15 is 0 Å². The summed E-state index contributed by atoms with van der Waals surface area (Å²) in [4.78, 5) is 67.5. The monoisotopic (exact) mass is 990 g/mol. The lowest BCUT2D eigenvalue weighted by Crippen LogP contribution is -2.18. The number of isothiocyanates is 1. The van der Waals surface area contributed by atoms with Crippen molar-refractivity contribution in [2.24, 2.45) is 24.8 Å². The number of rotatable bonds is 8. The third-order valence-electron chi connectivity index (χ3n) is 9.86. The van der Waals surface area contributed by atoms with Crippen molar-refractivity contribution in [2.75, 3.05) is 21.7 Å². The van der Waals surface area contributed by atoms with Crippen molar-refractivity contribution < 1.29 is 14.4 Å². The summed E-state index contributed by atoms with van der Waals surface area (Å²) in [5.74, 6) is -0.359. The number of anilines is 6. The first kappa shape index (κ1) is 47.3. The minimum Gasteiger partial charge on any atom is -0.398 e. The largest absolute Gasteiger partial charge is 0.398 e. The van der Waals surface area contributed by atoms with Crippen LogP contribution in [0.15, 0.2) is 131 Å². The van der Waals surface area contributed by atoms with E-state index in [1.165, 1.54) is 0 Å². The zero-order valence-corrected chi connectivity index (χ0v) is 38.8. The molecule has 0 fully saturated rings. The Hall–Kier alpha value is -7.63. The number of carbonyl (C=O) groups excluding carboxylic acids is 3. The molecule has 9 rings (SSSR count). The highest BCUT2D eigenvalue weighted by atomic mass is 35.5. The fraction of sp³-hybridized carbons (Fsp3) is 0.0435. The van der Waals surface area contributed by atoms with Gasteiger partial charge in [0.2, 0.25) is 17.8 Å². The van der Waals surface area contributed by atoms with Gasteiger partial charge in [-0.15, -0.1) is 0 Å². The first-order valence-corrected chi connectivity index (χ1v) is 21.5. The van der Waals surface area contributed by atoms with E-state index in [-0.39, 0.29) is 23.3 Å². The van der Waals surface area contributed by atoms with E-state index in [1.807, 2.05) is 17.3 Å². The number of aryl methyl sites for hydroxylation is 2. The minimum absolute atomic E-state index is 0.0593. The smallest absolute Gasteiger partial charge is 0.285 e. The standard InChI is InChI=1S/C23H16Cl2N6O2.C15H13Cl2N5O.C8H5NOS/c1-31-19-16(27-23(31)28-18-13(24)8-5-9-14(18)25)11-10-15-17(19)21(33)30-22(26-15)29-20(32)12-6-3-2-4-7-12;1-22-13-10(6-5-9(18)11(13)14(19)23)20-15(22)21-12-7(16)3-2-4-8(12)17;10-8(9-6-11)7-4-2-1-3-5-7/h2-11H,1H3,(H,27,28)(H2,26,29,30,32,33);2-6H,18H2,1H3,(H2,19,23)(H,20,21);1-5H. The Bertz CT molecular complexity index is 3450. The van der Waals surface area contributed by atoms with Gasteiger partial charge in [-0.05, 0) is 85.0 Å². The van der Waals surface area contributed by atoms with Crippen LogP contribution in [0.3, 0.4) is 0 Å². The number of H-pyrrole nitrogens is 1. The summed E-state index contributed by atoms with van der Waals surface area (Å²) < 4.78 is 3.42. The van der Waals surface area contributed by atoms with Gasteiger partial charge in [0.15, 0.2) is 0 Å². The predicted molar refractivity (Wildman–Crippen MR) is 270 cm³/mol. The Kier molecular flexibility index (Phi) is 14.6. The van der Waals surface area contributed by atoms with E-state index < -0.39 is 11.5 Å².